The van der Waals surface area contributed by atoms with E-state index in [1.165, 1.54) is 32.4 Å². The second kappa shape index (κ2) is 8.97. The van der Waals surface area contributed by atoms with E-state index in [2.05, 4.69) is 30.4 Å². The molecule has 1 aliphatic heterocycles. The van der Waals surface area contributed by atoms with Crippen molar-refractivity contribution in [2.75, 3.05) is 31.1 Å². The average molecular weight is 484 g/mol. The van der Waals surface area contributed by atoms with Gasteiger partial charge in [0.2, 0.25) is 15.9 Å². The molecule has 2 aromatic heterocycles. The number of aromatic nitrogens is 3. The molecule has 0 bridgehead atoms. The lowest BCUT2D eigenvalue weighted by atomic mass is 9.79. The van der Waals surface area contributed by atoms with Gasteiger partial charge < -0.3 is 20.9 Å². The second-order valence-corrected chi connectivity index (χ2v) is 11.1. The molecular formula is C23H29N7O3S. The molecule has 0 unspecified atom stereocenters. The summed E-state index contributed by atoms with van der Waals surface area (Å²) in [5.74, 6) is -0.508. The second-order valence-electron chi connectivity index (χ2n) is 9.30. The molecule has 11 heteroatoms. The summed E-state index contributed by atoms with van der Waals surface area (Å²) in [5.41, 5.74) is 14.7. The molecule has 2 fully saturated rings. The first-order valence-electron chi connectivity index (χ1n) is 11.5. The van der Waals surface area contributed by atoms with Crippen molar-refractivity contribution < 1.29 is 13.2 Å². The van der Waals surface area contributed by atoms with Crippen LogP contribution in [0.2, 0.25) is 0 Å². The Kier molecular flexibility index (Phi) is 6.00. The number of nitrogens with two attached hydrogens (primary N) is 2. The molecule has 10 nitrogen and oxygen atoms in total. The van der Waals surface area contributed by atoms with Crippen molar-refractivity contribution in [2.45, 2.75) is 31.8 Å². The minimum absolute atomic E-state index is 0.0505. The van der Waals surface area contributed by atoms with E-state index in [1.54, 1.807) is 0 Å². The Morgan fingerprint density at radius 3 is 2.71 bits per heavy atom. The predicted octanol–water partition coefficient (Wildman–Crippen LogP) is 1.24. The summed E-state index contributed by atoms with van der Waals surface area (Å²) in [5, 5.41) is 0.806. The normalized spacial score (nSPS) is 20.7. The Balaban J connectivity index is 1.39. The van der Waals surface area contributed by atoms with Crippen molar-refractivity contribution in [3.8, 4) is 11.1 Å². The zero-order valence-electron chi connectivity index (χ0n) is 18.9. The molecule has 0 radical (unpaired) electrons. The number of hydrogen-bond acceptors (Lipinski definition) is 7. The molecule has 1 amide bonds. The SMILES string of the molecule is NC(=O)CS(=O)(=O)NCc1cccc(-c2cn([C@H]3C[C@@H](CN4CCC4)C3)c3ncnc(N)c23)c1. The number of nitrogens with zero attached hydrogens (tertiary/aromatic N) is 4. The molecule has 1 aliphatic carbocycles. The molecule has 5 rings (SSSR count). The van der Waals surface area contributed by atoms with Gasteiger partial charge in [-0.25, -0.2) is 23.1 Å². The highest BCUT2D eigenvalue weighted by molar-refractivity contribution is 7.90. The fraction of sp³-hybridized carbons (Fsp3) is 0.435. The van der Waals surface area contributed by atoms with E-state index < -0.39 is 21.7 Å². The number of sulfonamides is 1. The van der Waals surface area contributed by atoms with E-state index in [9.17, 15) is 13.2 Å². The number of likely N-dealkylation sites (tertiary alicyclic amines) is 1. The highest BCUT2D eigenvalue weighted by Crippen LogP contribution is 2.43. The number of fused-ring (bicyclic) bond motifs is 1. The van der Waals surface area contributed by atoms with E-state index in [0.29, 0.717) is 17.8 Å². The molecule has 0 spiro atoms. The maximum Gasteiger partial charge on any atom is 0.234 e. The Labute approximate surface area is 198 Å². The van der Waals surface area contributed by atoms with Crippen LogP contribution in [0.5, 0.6) is 0 Å². The number of amides is 1. The largest absolute Gasteiger partial charge is 0.383 e. The van der Waals surface area contributed by atoms with Crippen molar-refractivity contribution in [1.29, 1.82) is 0 Å². The summed E-state index contributed by atoms with van der Waals surface area (Å²) in [6.07, 6.45) is 7.13. The zero-order valence-corrected chi connectivity index (χ0v) is 19.7. The predicted molar refractivity (Wildman–Crippen MR) is 130 cm³/mol. The van der Waals surface area contributed by atoms with Gasteiger partial charge in [-0.2, -0.15) is 0 Å². The first-order chi connectivity index (χ1) is 16.3. The van der Waals surface area contributed by atoms with Gasteiger partial charge in [0.05, 0.1) is 5.39 Å². The van der Waals surface area contributed by atoms with Crippen molar-refractivity contribution in [3.63, 3.8) is 0 Å². The van der Waals surface area contributed by atoms with Crippen molar-refractivity contribution in [3.05, 3.63) is 42.4 Å². The minimum atomic E-state index is -3.78. The van der Waals surface area contributed by atoms with Gasteiger partial charge in [-0.05, 0) is 55.5 Å². The lowest BCUT2D eigenvalue weighted by Gasteiger charge is -2.42. The van der Waals surface area contributed by atoms with Gasteiger partial charge >= 0.3 is 0 Å². The molecule has 2 aliphatic rings. The highest BCUT2D eigenvalue weighted by Gasteiger charge is 2.34. The summed E-state index contributed by atoms with van der Waals surface area (Å²) < 4.78 is 28.6. The number of rotatable bonds is 9. The lowest BCUT2D eigenvalue weighted by molar-refractivity contribution is -0.115. The molecule has 0 atom stereocenters. The molecule has 34 heavy (non-hydrogen) atoms. The number of nitrogen functional groups attached to an aromatic ring is 1. The Morgan fingerprint density at radius 2 is 2.00 bits per heavy atom. The van der Waals surface area contributed by atoms with Gasteiger partial charge in [-0.1, -0.05) is 18.2 Å². The van der Waals surface area contributed by atoms with Crippen LogP contribution in [0.4, 0.5) is 5.82 Å². The van der Waals surface area contributed by atoms with Crippen LogP contribution < -0.4 is 16.2 Å². The highest BCUT2D eigenvalue weighted by atomic mass is 32.2. The number of anilines is 1. The Morgan fingerprint density at radius 1 is 1.21 bits per heavy atom. The maximum atomic E-state index is 12.0. The molecule has 1 saturated heterocycles. The van der Waals surface area contributed by atoms with E-state index in [1.807, 2.05) is 24.3 Å². The number of nitrogens with one attached hydrogen (secondary N) is 1. The van der Waals surface area contributed by atoms with Crippen molar-refractivity contribution in [2.24, 2.45) is 11.7 Å². The third kappa shape index (κ3) is 4.63. The fourth-order valence-electron chi connectivity index (χ4n) is 4.89. The molecule has 180 valence electrons. The number of carbonyl (C=O) groups is 1. The minimum Gasteiger partial charge on any atom is -0.383 e. The standard InChI is InChI=1S/C23H29N7O3S/c24-20(31)13-34(32,33)28-10-15-3-1-4-17(7-15)19-12-30(23-21(19)22(25)26-14-27-23)18-8-16(9-18)11-29-5-2-6-29/h1,3-4,7,12,14,16,18,28H,2,5-6,8-11,13H2,(H2,24,31)(H2,25,26,27)/t16-,18+. The average Bonchev–Trinajstić information content (AvgIpc) is 3.10. The van der Waals surface area contributed by atoms with Crippen molar-refractivity contribution >= 4 is 32.8 Å². The van der Waals surface area contributed by atoms with Gasteiger partial charge in [-0.15, -0.1) is 0 Å². The van der Waals surface area contributed by atoms with Crippen LogP contribution in [-0.2, 0) is 21.4 Å². The van der Waals surface area contributed by atoms with E-state index >= 15 is 0 Å². The van der Waals surface area contributed by atoms with E-state index in [-0.39, 0.29) is 6.54 Å². The van der Waals surface area contributed by atoms with Crippen LogP contribution in [0.25, 0.3) is 22.2 Å². The van der Waals surface area contributed by atoms with E-state index in [4.69, 9.17) is 11.5 Å². The number of primary amides is 1. The third-order valence-corrected chi connectivity index (χ3v) is 8.02. The smallest absolute Gasteiger partial charge is 0.234 e. The summed E-state index contributed by atoms with van der Waals surface area (Å²) >= 11 is 0. The van der Waals surface area contributed by atoms with Crippen LogP contribution in [0, 0.1) is 5.92 Å². The van der Waals surface area contributed by atoms with Crippen LogP contribution in [0.15, 0.2) is 36.8 Å². The number of benzene rings is 1. The Hall–Kier alpha value is -3.02. The van der Waals surface area contributed by atoms with Crippen LogP contribution in [0.3, 0.4) is 0 Å². The summed E-state index contributed by atoms with van der Waals surface area (Å²) in [6, 6.07) is 7.93. The van der Waals surface area contributed by atoms with Gasteiger partial charge in [-0.3, -0.25) is 4.79 Å². The lowest BCUT2D eigenvalue weighted by Crippen LogP contribution is -2.43. The quantitative estimate of drug-likeness (QED) is 0.414. The van der Waals surface area contributed by atoms with Crippen LogP contribution in [0.1, 0.15) is 30.9 Å². The first kappa shape index (κ1) is 22.8. The summed E-state index contributed by atoms with van der Waals surface area (Å²) in [4.78, 5) is 22.3. The topological polar surface area (TPSA) is 149 Å². The third-order valence-electron chi connectivity index (χ3n) is 6.77. The van der Waals surface area contributed by atoms with Gasteiger partial charge in [0, 0.05) is 30.9 Å². The van der Waals surface area contributed by atoms with Crippen LogP contribution >= 0.6 is 0 Å². The first-order valence-corrected chi connectivity index (χ1v) is 13.1. The molecule has 1 saturated carbocycles. The Bertz CT molecular complexity index is 1330. The van der Waals surface area contributed by atoms with Gasteiger partial charge in [0.15, 0.2) is 0 Å². The van der Waals surface area contributed by atoms with Gasteiger partial charge in [0.25, 0.3) is 0 Å². The summed E-state index contributed by atoms with van der Waals surface area (Å²) in [7, 11) is -3.78. The van der Waals surface area contributed by atoms with Crippen molar-refractivity contribution in [1.82, 2.24) is 24.2 Å². The van der Waals surface area contributed by atoms with E-state index in [0.717, 1.165) is 40.6 Å². The molecule has 5 N–H and O–H groups in total. The molecule has 3 aromatic rings. The van der Waals surface area contributed by atoms with Gasteiger partial charge in [0.1, 0.15) is 23.5 Å². The number of hydrogen-bond donors (Lipinski definition) is 3. The molecule has 1 aromatic carbocycles. The zero-order chi connectivity index (χ0) is 23.9. The number of carbonyl (C=O) groups excluding carboxylic acids is 1. The monoisotopic (exact) mass is 483 g/mol. The molecule has 3 heterocycles. The molecular weight excluding hydrogens is 454 g/mol. The van der Waals surface area contributed by atoms with Crippen LogP contribution in [-0.4, -0.2) is 59.1 Å². The maximum absolute atomic E-state index is 12.0. The summed E-state index contributed by atoms with van der Waals surface area (Å²) in [6.45, 7) is 3.66. The fourth-order valence-corrected chi connectivity index (χ4v) is 5.76.